The Kier molecular flexibility index (Phi) is 3.25. The number of halogens is 2. The third kappa shape index (κ3) is 2.49. The molecule has 2 aromatic rings. The molecule has 1 aliphatic heterocycles. The molecular formula is C13H14F2N4. The molecule has 0 bridgehead atoms. The molecule has 0 spiro atoms. The molecule has 0 amide bonds. The standard InChI is InChI=1S/C13H14F2N4/c14-9-3-4-10(11(15)6-9)13-17-12(18-19-13)8-2-1-5-16-7-8/h3-4,6,8,16H,1-2,5,7H2,(H,17,18,19). The van der Waals surface area contributed by atoms with Gasteiger partial charge in [0.15, 0.2) is 5.82 Å². The first kappa shape index (κ1) is 12.2. The van der Waals surface area contributed by atoms with E-state index in [1.807, 2.05) is 0 Å². The van der Waals surface area contributed by atoms with Gasteiger partial charge in [0.25, 0.3) is 0 Å². The molecule has 0 saturated carbocycles. The van der Waals surface area contributed by atoms with E-state index in [2.05, 4.69) is 20.5 Å². The van der Waals surface area contributed by atoms with Gasteiger partial charge in [0.2, 0.25) is 0 Å². The SMILES string of the molecule is Fc1ccc(-c2n[nH]c(C3CCCNC3)n2)c(F)c1. The van der Waals surface area contributed by atoms with Gasteiger partial charge in [-0.1, -0.05) is 0 Å². The van der Waals surface area contributed by atoms with Gasteiger partial charge in [-0.05, 0) is 31.5 Å². The van der Waals surface area contributed by atoms with E-state index >= 15 is 0 Å². The van der Waals surface area contributed by atoms with E-state index < -0.39 is 11.6 Å². The summed E-state index contributed by atoms with van der Waals surface area (Å²) < 4.78 is 26.5. The van der Waals surface area contributed by atoms with Crippen LogP contribution in [0.1, 0.15) is 24.6 Å². The Morgan fingerprint density at radius 2 is 2.16 bits per heavy atom. The molecule has 3 rings (SSSR count). The minimum Gasteiger partial charge on any atom is -0.316 e. The van der Waals surface area contributed by atoms with Crippen LogP contribution >= 0.6 is 0 Å². The number of piperidine rings is 1. The molecule has 4 nitrogen and oxygen atoms in total. The fourth-order valence-corrected chi connectivity index (χ4v) is 2.33. The van der Waals surface area contributed by atoms with Crippen molar-refractivity contribution in [2.24, 2.45) is 0 Å². The summed E-state index contributed by atoms with van der Waals surface area (Å²) >= 11 is 0. The lowest BCUT2D eigenvalue weighted by Gasteiger charge is -2.20. The number of aromatic nitrogens is 3. The summed E-state index contributed by atoms with van der Waals surface area (Å²) in [5.74, 6) is 0.0586. The number of hydrogen-bond acceptors (Lipinski definition) is 3. The van der Waals surface area contributed by atoms with E-state index in [0.717, 1.165) is 37.8 Å². The molecule has 0 radical (unpaired) electrons. The molecule has 1 saturated heterocycles. The highest BCUT2D eigenvalue weighted by atomic mass is 19.1. The lowest BCUT2D eigenvalue weighted by molar-refractivity contribution is 0.447. The Balaban J connectivity index is 1.87. The Bertz CT molecular complexity index is 576. The van der Waals surface area contributed by atoms with Crippen molar-refractivity contribution in [1.82, 2.24) is 20.5 Å². The zero-order valence-corrected chi connectivity index (χ0v) is 10.3. The Morgan fingerprint density at radius 3 is 2.89 bits per heavy atom. The predicted octanol–water partition coefficient (Wildman–Crippen LogP) is 2.22. The summed E-state index contributed by atoms with van der Waals surface area (Å²) in [7, 11) is 0. The zero-order chi connectivity index (χ0) is 13.2. The van der Waals surface area contributed by atoms with Crippen LogP contribution in [0.15, 0.2) is 18.2 Å². The molecule has 1 fully saturated rings. The van der Waals surface area contributed by atoms with Crippen LogP contribution in [0, 0.1) is 11.6 Å². The molecule has 1 aromatic heterocycles. The third-order valence-electron chi connectivity index (χ3n) is 3.36. The number of benzene rings is 1. The van der Waals surface area contributed by atoms with Crippen molar-refractivity contribution in [2.45, 2.75) is 18.8 Å². The minimum absolute atomic E-state index is 0.215. The van der Waals surface area contributed by atoms with E-state index in [4.69, 9.17) is 0 Å². The van der Waals surface area contributed by atoms with Gasteiger partial charge in [-0.25, -0.2) is 13.8 Å². The van der Waals surface area contributed by atoms with E-state index in [0.29, 0.717) is 0 Å². The van der Waals surface area contributed by atoms with Crippen LogP contribution in [0.2, 0.25) is 0 Å². The van der Waals surface area contributed by atoms with E-state index in [1.165, 1.54) is 12.1 Å². The van der Waals surface area contributed by atoms with Gasteiger partial charge < -0.3 is 5.32 Å². The van der Waals surface area contributed by atoms with Gasteiger partial charge >= 0.3 is 0 Å². The summed E-state index contributed by atoms with van der Waals surface area (Å²) in [5.41, 5.74) is 0.215. The van der Waals surface area contributed by atoms with Crippen molar-refractivity contribution < 1.29 is 8.78 Å². The quantitative estimate of drug-likeness (QED) is 0.874. The average molecular weight is 264 g/mol. The highest BCUT2D eigenvalue weighted by molar-refractivity contribution is 5.55. The number of H-pyrrole nitrogens is 1. The van der Waals surface area contributed by atoms with Crippen LogP contribution in [0.3, 0.4) is 0 Å². The molecule has 1 unspecified atom stereocenters. The highest BCUT2D eigenvalue weighted by Crippen LogP contribution is 2.24. The summed E-state index contributed by atoms with van der Waals surface area (Å²) in [5, 5.41) is 10.2. The average Bonchev–Trinajstić information content (AvgIpc) is 2.89. The van der Waals surface area contributed by atoms with Crippen molar-refractivity contribution in [2.75, 3.05) is 13.1 Å². The summed E-state index contributed by atoms with van der Waals surface area (Å²) in [6.45, 7) is 1.87. The molecule has 6 heteroatoms. The maximum Gasteiger partial charge on any atom is 0.184 e. The second-order valence-corrected chi connectivity index (χ2v) is 4.71. The molecular weight excluding hydrogens is 250 g/mol. The lowest BCUT2D eigenvalue weighted by atomic mass is 9.99. The molecule has 1 aliphatic rings. The molecule has 1 atom stereocenters. The predicted molar refractivity (Wildman–Crippen MR) is 66.6 cm³/mol. The van der Waals surface area contributed by atoms with Gasteiger partial charge in [0.05, 0.1) is 5.56 Å². The molecule has 2 heterocycles. The minimum atomic E-state index is -0.646. The number of aromatic amines is 1. The van der Waals surface area contributed by atoms with Crippen LogP contribution in [-0.4, -0.2) is 28.3 Å². The van der Waals surface area contributed by atoms with E-state index in [9.17, 15) is 8.78 Å². The number of hydrogen-bond donors (Lipinski definition) is 2. The van der Waals surface area contributed by atoms with Crippen LogP contribution < -0.4 is 5.32 Å². The first-order valence-corrected chi connectivity index (χ1v) is 6.32. The maximum absolute atomic E-state index is 13.6. The Hall–Kier alpha value is -1.82. The highest BCUT2D eigenvalue weighted by Gasteiger charge is 2.20. The van der Waals surface area contributed by atoms with Crippen molar-refractivity contribution in [3.8, 4) is 11.4 Å². The fraction of sp³-hybridized carbons (Fsp3) is 0.385. The largest absolute Gasteiger partial charge is 0.316 e. The monoisotopic (exact) mass is 264 g/mol. The van der Waals surface area contributed by atoms with Crippen molar-refractivity contribution in [3.63, 3.8) is 0 Å². The maximum atomic E-state index is 13.6. The van der Waals surface area contributed by atoms with Gasteiger partial charge in [-0.3, -0.25) is 5.10 Å². The topological polar surface area (TPSA) is 53.6 Å². The first-order chi connectivity index (χ1) is 9.24. The lowest BCUT2D eigenvalue weighted by Crippen LogP contribution is -2.28. The Morgan fingerprint density at radius 1 is 1.26 bits per heavy atom. The number of nitrogens with one attached hydrogen (secondary N) is 2. The number of rotatable bonds is 2. The molecule has 100 valence electrons. The van der Waals surface area contributed by atoms with Crippen molar-refractivity contribution in [3.05, 3.63) is 35.7 Å². The van der Waals surface area contributed by atoms with Gasteiger partial charge in [0, 0.05) is 18.5 Å². The van der Waals surface area contributed by atoms with Crippen LogP contribution in [-0.2, 0) is 0 Å². The van der Waals surface area contributed by atoms with Crippen LogP contribution in [0.5, 0.6) is 0 Å². The summed E-state index contributed by atoms with van der Waals surface area (Å²) in [4.78, 5) is 4.33. The van der Waals surface area contributed by atoms with E-state index in [1.54, 1.807) is 0 Å². The van der Waals surface area contributed by atoms with Crippen molar-refractivity contribution in [1.29, 1.82) is 0 Å². The first-order valence-electron chi connectivity index (χ1n) is 6.32. The summed E-state index contributed by atoms with van der Waals surface area (Å²) in [6, 6.07) is 3.40. The zero-order valence-electron chi connectivity index (χ0n) is 10.3. The normalized spacial score (nSPS) is 19.6. The summed E-state index contributed by atoms with van der Waals surface area (Å²) in [6.07, 6.45) is 2.12. The molecule has 0 aliphatic carbocycles. The molecule has 1 aromatic carbocycles. The Labute approximate surface area is 109 Å². The van der Waals surface area contributed by atoms with Crippen LogP contribution in [0.25, 0.3) is 11.4 Å². The second kappa shape index (κ2) is 5.05. The smallest absolute Gasteiger partial charge is 0.184 e. The van der Waals surface area contributed by atoms with Gasteiger partial charge in [0.1, 0.15) is 17.5 Å². The number of nitrogens with zero attached hydrogens (tertiary/aromatic N) is 2. The fourth-order valence-electron chi connectivity index (χ4n) is 2.33. The van der Waals surface area contributed by atoms with Gasteiger partial charge in [-0.15, -0.1) is 0 Å². The second-order valence-electron chi connectivity index (χ2n) is 4.71. The van der Waals surface area contributed by atoms with E-state index in [-0.39, 0.29) is 17.3 Å². The van der Waals surface area contributed by atoms with Gasteiger partial charge in [-0.2, -0.15) is 5.10 Å². The molecule has 19 heavy (non-hydrogen) atoms. The van der Waals surface area contributed by atoms with Crippen molar-refractivity contribution >= 4 is 0 Å². The third-order valence-corrected chi connectivity index (χ3v) is 3.36. The molecule has 2 N–H and O–H groups in total. The van der Waals surface area contributed by atoms with Crippen LogP contribution in [0.4, 0.5) is 8.78 Å².